The third-order valence-corrected chi connectivity index (χ3v) is 11.5. The molecule has 4 aliphatic carbocycles. The summed E-state index contributed by atoms with van der Waals surface area (Å²) >= 11 is 0. The smallest absolute Gasteiger partial charge is 0.217 e. The molecule has 3 unspecified atom stereocenters. The van der Waals surface area contributed by atoms with Crippen molar-refractivity contribution in [3.05, 3.63) is 0 Å². The highest BCUT2D eigenvalue weighted by molar-refractivity contribution is 5.86. The summed E-state index contributed by atoms with van der Waals surface area (Å²) in [5.41, 5.74) is -0.594. The minimum atomic E-state index is -0.956. The number of rotatable bonds is 3. The van der Waals surface area contributed by atoms with E-state index in [2.05, 4.69) is 41.5 Å². The van der Waals surface area contributed by atoms with Crippen molar-refractivity contribution in [3.8, 4) is 0 Å². The molecule has 1 heterocycles. The van der Waals surface area contributed by atoms with Crippen molar-refractivity contribution >= 4 is 5.90 Å². The van der Waals surface area contributed by atoms with E-state index in [1.54, 1.807) is 0 Å². The van der Waals surface area contributed by atoms with Gasteiger partial charge in [-0.3, -0.25) is 0 Å². The Labute approximate surface area is 195 Å². The number of ether oxygens (including phenoxy) is 1. The summed E-state index contributed by atoms with van der Waals surface area (Å²) in [6.45, 7) is 14.5. The Morgan fingerprint density at radius 2 is 1.75 bits per heavy atom. The second-order valence-corrected chi connectivity index (χ2v) is 13.7. The van der Waals surface area contributed by atoms with Crippen molar-refractivity contribution in [2.24, 2.45) is 51.3 Å². The molecule has 4 heteroatoms. The lowest BCUT2D eigenvalue weighted by Gasteiger charge is -2.63. The summed E-state index contributed by atoms with van der Waals surface area (Å²) in [5, 5.41) is 23.2. The zero-order valence-corrected chi connectivity index (χ0v) is 21.4. The van der Waals surface area contributed by atoms with Crippen molar-refractivity contribution < 1.29 is 14.9 Å². The highest BCUT2D eigenvalue weighted by Gasteiger charge is 2.64. The zero-order chi connectivity index (χ0) is 23.1. The van der Waals surface area contributed by atoms with Gasteiger partial charge in [0.05, 0.1) is 11.6 Å². The topological polar surface area (TPSA) is 62.1 Å². The number of aliphatic imine (C=N–C) groups is 1. The normalized spacial score (nSPS) is 52.9. The Morgan fingerprint density at radius 1 is 1.03 bits per heavy atom. The molecular formula is C28H47NO3. The maximum absolute atomic E-state index is 11.6. The Balaban J connectivity index is 1.40. The van der Waals surface area contributed by atoms with Crippen LogP contribution in [0.25, 0.3) is 0 Å². The number of fused-ring (bicyclic) bond motifs is 5. The van der Waals surface area contributed by atoms with Crippen LogP contribution in [0.5, 0.6) is 0 Å². The van der Waals surface area contributed by atoms with Crippen LogP contribution in [0.15, 0.2) is 4.99 Å². The van der Waals surface area contributed by atoms with Gasteiger partial charge in [0.1, 0.15) is 12.2 Å². The minimum Gasteiger partial charge on any atom is -0.476 e. The van der Waals surface area contributed by atoms with Gasteiger partial charge in [0.2, 0.25) is 5.90 Å². The Morgan fingerprint density at radius 3 is 2.41 bits per heavy atom. The van der Waals surface area contributed by atoms with E-state index in [4.69, 9.17) is 9.73 Å². The average Bonchev–Trinajstić information content (AvgIpc) is 3.28. The second kappa shape index (κ2) is 7.44. The summed E-state index contributed by atoms with van der Waals surface area (Å²) < 4.78 is 5.91. The number of aliphatic hydroxyl groups is 2. The van der Waals surface area contributed by atoms with Gasteiger partial charge in [-0.2, -0.15) is 0 Å². The Bertz CT molecular complexity index is 779. The molecule has 4 saturated carbocycles. The lowest BCUT2D eigenvalue weighted by atomic mass is 9.43. The van der Waals surface area contributed by atoms with Crippen LogP contribution in [0.3, 0.4) is 0 Å². The third kappa shape index (κ3) is 3.25. The Kier molecular flexibility index (Phi) is 5.38. The summed E-state index contributed by atoms with van der Waals surface area (Å²) in [7, 11) is 0. The number of aliphatic hydroxyl groups excluding tert-OH is 1. The highest BCUT2D eigenvalue weighted by atomic mass is 16.5. The molecular weight excluding hydrogens is 398 g/mol. The first-order valence-electron chi connectivity index (χ1n) is 13.6. The van der Waals surface area contributed by atoms with Gasteiger partial charge in [-0.15, -0.1) is 0 Å². The molecule has 0 bridgehead atoms. The first kappa shape index (κ1) is 23.1. The molecule has 182 valence electrons. The molecule has 4 fully saturated rings. The van der Waals surface area contributed by atoms with E-state index in [0.717, 1.165) is 31.1 Å². The van der Waals surface area contributed by atoms with Gasteiger partial charge in [0.15, 0.2) is 0 Å². The molecule has 0 aromatic rings. The summed E-state index contributed by atoms with van der Waals surface area (Å²) in [4.78, 5) is 4.74. The van der Waals surface area contributed by atoms with E-state index in [9.17, 15) is 10.2 Å². The van der Waals surface area contributed by atoms with Crippen LogP contribution in [-0.2, 0) is 4.74 Å². The lowest BCUT2D eigenvalue weighted by molar-refractivity contribution is -0.181. The molecule has 0 aromatic heterocycles. The number of hydrogen-bond acceptors (Lipinski definition) is 4. The largest absolute Gasteiger partial charge is 0.476 e. The van der Waals surface area contributed by atoms with Gasteiger partial charge in [-0.05, 0) is 112 Å². The SMILES string of the molecule is CC[C@@H](C)[C@H]1CCC2C3C(CC[C@@]21C)[C@@]1(C)CC[C@](O)(C2=NC(C)(C)CO2)C[C@H]1C[C@H]3O. The maximum atomic E-state index is 11.6. The van der Waals surface area contributed by atoms with Crippen LogP contribution in [0.1, 0.15) is 99.3 Å². The summed E-state index contributed by atoms with van der Waals surface area (Å²) in [6.07, 6.45) is 9.53. The van der Waals surface area contributed by atoms with E-state index in [1.807, 2.05) is 0 Å². The molecule has 2 N–H and O–H groups in total. The van der Waals surface area contributed by atoms with Crippen LogP contribution in [0.2, 0.25) is 0 Å². The molecule has 0 saturated heterocycles. The molecule has 4 nitrogen and oxygen atoms in total. The zero-order valence-electron chi connectivity index (χ0n) is 21.4. The van der Waals surface area contributed by atoms with Gasteiger partial charge in [0.25, 0.3) is 0 Å². The van der Waals surface area contributed by atoms with Gasteiger partial charge in [-0.1, -0.05) is 34.1 Å². The molecule has 10 atom stereocenters. The highest BCUT2D eigenvalue weighted by Crippen LogP contribution is 2.69. The van der Waals surface area contributed by atoms with Crippen LogP contribution < -0.4 is 0 Å². The van der Waals surface area contributed by atoms with Crippen LogP contribution in [0.4, 0.5) is 0 Å². The molecule has 5 aliphatic rings. The monoisotopic (exact) mass is 445 g/mol. The maximum Gasteiger partial charge on any atom is 0.217 e. The molecule has 0 spiro atoms. The predicted octanol–water partition coefficient (Wildman–Crippen LogP) is 5.60. The van der Waals surface area contributed by atoms with Crippen molar-refractivity contribution in [1.82, 2.24) is 0 Å². The quantitative estimate of drug-likeness (QED) is 0.594. The van der Waals surface area contributed by atoms with E-state index >= 15 is 0 Å². The van der Waals surface area contributed by atoms with Crippen LogP contribution in [-0.4, -0.2) is 40.0 Å². The first-order valence-corrected chi connectivity index (χ1v) is 13.6. The van der Waals surface area contributed by atoms with Gasteiger partial charge < -0.3 is 14.9 Å². The summed E-state index contributed by atoms with van der Waals surface area (Å²) in [6, 6.07) is 0. The van der Waals surface area contributed by atoms with Crippen molar-refractivity contribution in [2.45, 2.75) is 117 Å². The third-order valence-electron chi connectivity index (χ3n) is 11.5. The molecule has 1 aliphatic heterocycles. The van der Waals surface area contributed by atoms with Gasteiger partial charge in [-0.25, -0.2) is 4.99 Å². The lowest BCUT2D eigenvalue weighted by Crippen LogP contribution is -2.61. The van der Waals surface area contributed by atoms with Crippen LogP contribution in [0, 0.1) is 46.3 Å². The van der Waals surface area contributed by atoms with Crippen LogP contribution >= 0.6 is 0 Å². The van der Waals surface area contributed by atoms with E-state index in [-0.39, 0.29) is 17.1 Å². The van der Waals surface area contributed by atoms with Gasteiger partial charge in [0, 0.05) is 0 Å². The van der Waals surface area contributed by atoms with Gasteiger partial charge >= 0.3 is 0 Å². The Hall–Kier alpha value is -0.610. The molecule has 32 heavy (non-hydrogen) atoms. The standard InChI is InChI=1S/C28H47NO3/c1-7-17(2)19-8-9-20-23-21(10-11-27(19,20)6)26(5)12-13-28(31,15-18(26)14-22(23)30)24-29-25(3,4)16-32-24/h17-23,30-31H,7-16H2,1-6H3/t17-,18-,19-,20?,21?,22-,23?,26+,27-,28-/m1/s1. The predicted molar refractivity (Wildman–Crippen MR) is 128 cm³/mol. The second-order valence-electron chi connectivity index (χ2n) is 13.7. The average molecular weight is 446 g/mol. The summed E-state index contributed by atoms with van der Waals surface area (Å²) in [5.74, 6) is 4.18. The fourth-order valence-electron chi connectivity index (χ4n) is 9.49. The fourth-order valence-corrected chi connectivity index (χ4v) is 9.49. The minimum absolute atomic E-state index is 0.209. The van der Waals surface area contributed by atoms with Crippen molar-refractivity contribution in [3.63, 3.8) is 0 Å². The molecule has 0 amide bonds. The molecule has 5 rings (SSSR count). The van der Waals surface area contributed by atoms with E-state index in [0.29, 0.717) is 48.0 Å². The molecule has 0 radical (unpaired) electrons. The molecule has 0 aromatic carbocycles. The van der Waals surface area contributed by atoms with E-state index in [1.165, 1.54) is 32.1 Å². The van der Waals surface area contributed by atoms with Crippen molar-refractivity contribution in [1.29, 1.82) is 0 Å². The number of nitrogens with zero attached hydrogens (tertiary/aromatic N) is 1. The fraction of sp³-hybridized carbons (Fsp3) is 0.964. The van der Waals surface area contributed by atoms with E-state index < -0.39 is 5.60 Å². The van der Waals surface area contributed by atoms with Crippen molar-refractivity contribution in [2.75, 3.05) is 6.61 Å². The first-order chi connectivity index (χ1) is 14.9. The number of hydrogen-bond donors (Lipinski definition) is 2.